The third-order valence-electron chi connectivity index (χ3n) is 3.85. The molecule has 1 fully saturated rings. The van der Waals surface area contributed by atoms with Gasteiger partial charge in [-0.15, -0.1) is 0 Å². The molecule has 5 nitrogen and oxygen atoms in total. The summed E-state index contributed by atoms with van der Waals surface area (Å²) in [5, 5.41) is 2.98. The molecule has 0 atom stereocenters. The highest BCUT2D eigenvalue weighted by Crippen LogP contribution is 2.11. The maximum atomic E-state index is 12.6. The van der Waals surface area contributed by atoms with Gasteiger partial charge in [0.25, 0.3) is 5.91 Å². The van der Waals surface area contributed by atoms with Crippen LogP contribution in [-0.4, -0.2) is 53.5 Å². The normalized spacial score (nSPS) is 16.0. The van der Waals surface area contributed by atoms with Gasteiger partial charge < -0.3 is 15.1 Å². The van der Waals surface area contributed by atoms with Gasteiger partial charge >= 0.3 is 6.03 Å². The van der Waals surface area contributed by atoms with Crippen molar-refractivity contribution in [3.63, 3.8) is 0 Å². The van der Waals surface area contributed by atoms with E-state index < -0.39 is 0 Å². The van der Waals surface area contributed by atoms with Crippen molar-refractivity contribution in [2.24, 2.45) is 0 Å². The number of rotatable bonds is 1. The van der Waals surface area contributed by atoms with Gasteiger partial charge in [0.2, 0.25) is 0 Å². The van der Waals surface area contributed by atoms with Crippen LogP contribution in [-0.2, 0) is 0 Å². The second-order valence-corrected chi connectivity index (χ2v) is 7.18. The quantitative estimate of drug-likeness (QED) is 0.866. The molecule has 23 heavy (non-hydrogen) atoms. The molecule has 1 aromatic rings. The number of hydrogen-bond donors (Lipinski definition) is 1. The molecule has 1 N–H and O–H groups in total. The Morgan fingerprint density at radius 1 is 0.957 bits per heavy atom. The van der Waals surface area contributed by atoms with Crippen molar-refractivity contribution in [2.75, 3.05) is 26.2 Å². The van der Waals surface area contributed by atoms with Gasteiger partial charge in [-0.3, -0.25) is 4.79 Å². The molecule has 0 spiro atoms. The zero-order valence-corrected chi connectivity index (χ0v) is 14.6. The largest absolute Gasteiger partial charge is 0.337 e. The summed E-state index contributed by atoms with van der Waals surface area (Å²) in [6.07, 6.45) is 0.801. The fourth-order valence-electron chi connectivity index (χ4n) is 2.60. The van der Waals surface area contributed by atoms with Crippen LogP contribution in [0.25, 0.3) is 0 Å². The van der Waals surface area contributed by atoms with Crippen LogP contribution in [0.5, 0.6) is 0 Å². The fourth-order valence-corrected chi connectivity index (χ4v) is 2.60. The number of nitrogens with zero attached hydrogens (tertiary/aromatic N) is 2. The lowest BCUT2D eigenvalue weighted by atomic mass is 10.1. The highest BCUT2D eigenvalue weighted by atomic mass is 16.2. The number of amides is 3. The maximum absolute atomic E-state index is 12.6. The lowest BCUT2D eigenvalue weighted by Gasteiger charge is -2.27. The van der Waals surface area contributed by atoms with Crippen LogP contribution in [0.2, 0.25) is 0 Å². The lowest BCUT2D eigenvalue weighted by molar-refractivity contribution is 0.0762. The average Bonchev–Trinajstić information content (AvgIpc) is 2.71. The smallest absolute Gasteiger partial charge is 0.317 e. The molecule has 5 heteroatoms. The molecule has 0 radical (unpaired) electrons. The van der Waals surface area contributed by atoms with Crippen molar-refractivity contribution in [2.45, 2.75) is 39.7 Å². The van der Waals surface area contributed by atoms with E-state index in [1.165, 1.54) is 0 Å². The predicted octanol–water partition coefficient (Wildman–Crippen LogP) is 2.65. The zero-order valence-electron chi connectivity index (χ0n) is 14.6. The number of carbonyl (C=O) groups is 2. The van der Waals surface area contributed by atoms with E-state index >= 15 is 0 Å². The molecular weight excluding hydrogens is 290 g/mol. The van der Waals surface area contributed by atoms with Crippen LogP contribution in [0.1, 0.15) is 43.1 Å². The van der Waals surface area contributed by atoms with Gasteiger partial charge in [0.15, 0.2) is 0 Å². The average molecular weight is 317 g/mol. The minimum absolute atomic E-state index is 0.0445. The molecule has 1 aliphatic rings. The SMILES string of the molecule is Cc1ccc(C(=O)N2CCCN(C(=O)NC(C)(C)C)CC2)cc1. The van der Waals surface area contributed by atoms with Crippen molar-refractivity contribution in [3.8, 4) is 0 Å². The monoisotopic (exact) mass is 317 g/mol. The summed E-state index contributed by atoms with van der Waals surface area (Å²) in [5.74, 6) is 0.0445. The van der Waals surface area contributed by atoms with E-state index in [0.717, 1.165) is 12.0 Å². The van der Waals surface area contributed by atoms with Crippen LogP contribution in [0.4, 0.5) is 4.79 Å². The van der Waals surface area contributed by atoms with Gasteiger partial charge in [-0.05, 0) is 46.2 Å². The van der Waals surface area contributed by atoms with E-state index in [0.29, 0.717) is 31.7 Å². The van der Waals surface area contributed by atoms with Gasteiger partial charge in [0.1, 0.15) is 0 Å². The van der Waals surface area contributed by atoms with Gasteiger partial charge in [-0.25, -0.2) is 4.79 Å². The number of urea groups is 1. The lowest BCUT2D eigenvalue weighted by Crippen LogP contribution is -2.49. The van der Waals surface area contributed by atoms with Crippen molar-refractivity contribution in [3.05, 3.63) is 35.4 Å². The van der Waals surface area contributed by atoms with Crippen LogP contribution in [0.15, 0.2) is 24.3 Å². The van der Waals surface area contributed by atoms with E-state index in [2.05, 4.69) is 5.32 Å². The van der Waals surface area contributed by atoms with E-state index in [4.69, 9.17) is 0 Å². The Kier molecular flexibility index (Phi) is 5.29. The second kappa shape index (κ2) is 7.02. The summed E-state index contributed by atoms with van der Waals surface area (Å²) >= 11 is 0. The molecule has 0 aromatic heterocycles. The molecule has 1 heterocycles. The van der Waals surface area contributed by atoms with E-state index in [1.807, 2.05) is 56.9 Å². The minimum atomic E-state index is -0.249. The molecular formula is C18H27N3O2. The van der Waals surface area contributed by atoms with Crippen LogP contribution in [0.3, 0.4) is 0 Å². The standard InChI is InChI=1S/C18H27N3O2/c1-14-6-8-15(9-7-14)16(22)20-10-5-11-21(13-12-20)17(23)19-18(2,3)4/h6-9H,5,10-13H2,1-4H3,(H,19,23). The van der Waals surface area contributed by atoms with Crippen LogP contribution >= 0.6 is 0 Å². The zero-order chi connectivity index (χ0) is 17.0. The number of benzene rings is 1. The Balaban J connectivity index is 1.97. The Hall–Kier alpha value is -2.04. The van der Waals surface area contributed by atoms with E-state index in [-0.39, 0.29) is 17.5 Å². The molecule has 3 amide bonds. The summed E-state index contributed by atoms with van der Waals surface area (Å²) in [6, 6.07) is 7.59. The first-order valence-corrected chi connectivity index (χ1v) is 8.19. The highest BCUT2D eigenvalue weighted by molar-refractivity contribution is 5.94. The van der Waals surface area contributed by atoms with Gasteiger partial charge in [0.05, 0.1) is 0 Å². The minimum Gasteiger partial charge on any atom is -0.337 e. The molecule has 1 aliphatic heterocycles. The number of carbonyl (C=O) groups excluding carboxylic acids is 2. The van der Waals surface area contributed by atoms with Crippen molar-refractivity contribution in [1.82, 2.24) is 15.1 Å². The Morgan fingerprint density at radius 3 is 2.13 bits per heavy atom. The van der Waals surface area contributed by atoms with Crippen molar-refractivity contribution in [1.29, 1.82) is 0 Å². The summed E-state index contributed by atoms with van der Waals surface area (Å²) < 4.78 is 0. The first-order chi connectivity index (χ1) is 10.8. The molecule has 0 unspecified atom stereocenters. The Morgan fingerprint density at radius 2 is 1.52 bits per heavy atom. The van der Waals surface area contributed by atoms with Crippen LogP contribution < -0.4 is 5.32 Å². The summed E-state index contributed by atoms with van der Waals surface area (Å²) in [5.41, 5.74) is 1.60. The Labute approximate surface area is 138 Å². The highest BCUT2D eigenvalue weighted by Gasteiger charge is 2.24. The molecule has 0 saturated carbocycles. The van der Waals surface area contributed by atoms with Crippen LogP contribution in [0, 0.1) is 6.92 Å². The summed E-state index contributed by atoms with van der Waals surface area (Å²) in [4.78, 5) is 28.5. The molecule has 2 rings (SSSR count). The van der Waals surface area contributed by atoms with Crippen molar-refractivity contribution < 1.29 is 9.59 Å². The van der Waals surface area contributed by atoms with Gasteiger partial charge in [-0.2, -0.15) is 0 Å². The molecule has 1 aromatic carbocycles. The van der Waals surface area contributed by atoms with Gasteiger partial charge in [0, 0.05) is 37.3 Å². The topological polar surface area (TPSA) is 52.7 Å². The first kappa shape index (κ1) is 17.3. The molecule has 126 valence electrons. The number of aryl methyl sites for hydroxylation is 1. The first-order valence-electron chi connectivity index (χ1n) is 8.19. The number of hydrogen-bond acceptors (Lipinski definition) is 2. The van der Waals surface area contributed by atoms with Crippen molar-refractivity contribution >= 4 is 11.9 Å². The molecule has 0 bridgehead atoms. The van der Waals surface area contributed by atoms with Gasteiger partial charge in [-0.1, -0.05) is 17.7 Å². The third kappa shape index (κ3) is 4.98. The van der Waals surface area contributed by atoms with E-state index in [9.17, 15) is 9.59 Å². The third-order valence-corrected chi connectivity index (χ3v) is 3.85. The fraction of sp³-hybridized carbons (Fsp3) is 0.556. The Bertz CT molecular complexity index is 561. The second-order valence-electron chi connectivity index (χ2n) is 7.18. The predicted molar refractivity (Wildman–Crippen MR) is 91.6 cm³/mol. The maximum Gasteiger partial charge on any atom is 0.317 e. The molecule has 1 saturated heterocycles. The molecule has 0 aliphatic carbocycles. The summed E-state index contributed by atoms with van der Waals surface area (Å²) in [7, 11) is 0. The summed E-state index contributed by atoms with van der Waals surface area (Å²) in [6.45, 7) is 10.4. The number of nitrogens with one attached hydrogen (secondary N) is 1. The van der Waals surface area contributed by atoms with E-state index in [1.54, 1.807) is 4.90 Å².